The van der Waals surface area contributed by atoms with Gasteiger partial charge in [0.25, 0.3) is 0 Å². The lowest BCUT2D eigenvalue weighted by atomic mass is 9.99. The number of carbonyl (C=O) groups excluding carboxylic acids is 1. The molecule has 1 fully saturated rings. The maximum Gasteiger partial charge on any atom is 0.303 e. The SMILES string of the molecule is O=C(O)CCCCCCC(=O)NCc1ccc([C@H]2O[C@@H](CN(Cc3ccccc3)Cc3ccccc3)C[C@@H](c3ccc(CO)cc3)O2)cc1. The number of hydrogen-bond acceptors (Lipinski definition) is 6. The number of benzene rings is 4. The molecule has 0 aliphatic carbocycles. The fourth-order valence-corrected chi connectivity index (χ4v) is 6.19. The van der Waals surface area contributed by atoms with Crippen LogP contribution in [0.1, 0.15) is 90.7 Å². The number of aliphatic hydroxyl groups excluding tert-OH is 1. The first kappa shape index (κ1) is 36.0. The third-order valence-electron chi connectivity index (χ3n) is 8.86. The zero-order chi connectivity index (χ0) is 34.3. The number of nitrogens with zero attached hydrogens (tertiary/aromatic N) is 1. The summed E-state index contributed by atoms with van der Waals surface area (Å²) in [5, 5.41) is 21.3. The van der Waals surface area contributed by atoms with Gasteiger partial charge in [0.1, 0.15) is 0 Å². The van der Waals surface area contributed by atoms with Crippen LogP contribution in [0.25, 0.3) is 0 Å². The van der Waals surface area contributed by atoms with E-state index in [0.29, 0.717) is 25.8 Å². The van der Waals surface area contributed by atoms with Gasteiger partial charge in [-0.3, -0.25) is 14.5 Å². The Labute approximate surface area is 289 Å². The number of carboxylic acid groups (broad SMARTS) is 1. The van der Waals surface area contributed by atoms with Crippen molar-refractivity contribution in [3.8, 4) is 0 Å². The van der Waals surface area contributed by atoms with Crippen molar-refractivity contribution in [2.24, 2.45) is 0 Å². The van der Waals surface area contributed by atoms with E-state index in [1.165, 1.54) is 11.1 Å². The van der Waals surface area contributed by atoms with E-state index in [4.69, 9.17) is 14.6 Å². The van der Waals surface area contributed by atoms with Crippen molar-refractivity contribution in [1.29, 1.82) is 0 Å². The van der Waals surface area contributed by atoms with E-state index in [1.54, 1.807) is 0 Å². The van der Waals surface area contributed by atoms with E-state index in [9.17, 15) is 14.7 Å². The van der Waals surface area contributed by atoms with Gasteiger partial charge in [0.2, 0.25) is 5.91 Å². The lowest BCUT2D eigenvalue weighted by Crippen LogP contribution is -2.39. The molecule has 4 aromatic rings. The summed E-state index contributed by atoms with van der Waals surface area (Å²) in [5.41, 5.74) is 6.30. The Morgan fingerprint density at radius 2 is 1.24 bits per heavy atom. The number of carboxylic acids is 1. The Kier molecular flexibility index (Phi) is 13.9. The van der Waals surface area contributed by atoms with Crippen LogP contribution in [0.2, 0.25) is 0 Å². The lowest BCUT2D eigenvalue weighted by Gasteiger charge is -2.38. The number of carbonyl (C=O) groups is 2. The van der Waals surface area contributed by atoms with E-state index in [0.717, 1.165) is 61.2 Å². The fraction of sp³-hybridized carbons (Fsp3) is 0.366. The highest BCUT2D eigenvalue weighted by molar-refractivity contribution is 5.75. The summed E-state index contributed by atoms with van der Waals surface area (Å²) in [7, 11) is 0. The number of aliphatic carboxylic acids is 1. The summed E-state index contributed by atoms with van der Waals surface area (Å²) in [4.78, 5) is 25.5. The second kappa shape index (κ2) is 19.0. The molecule has 258 valence electrons. The number of unbranched alkanes of at least 4 members (excludes halogenated alkanes) is 3. The van der Waals surface area contributed by atoms with E-state index in [-0.39, 0.29) is 31.1 Å². The number of ether oxygens (including phenoxy) is 2. The maximum absolute atomic E-state index is 12.4. The Balaban J connectivity index is 1.24. The normalized spacial score (nSPS) is 17.6. The van der Waals surface area contributed by atoms with Crippen molar-refractivity contribution in [3.05, 3.63) is 143 Å². The molecular formula is C41H48N2O6. The average molecular weight is 665 g/mol. The summed E-state index contributed by atoms with van der Waals surface area (Å²) in [6, 6.07) is 37.0. The van der Waals surface area contributed by atoms with Crippen LogP contribution in [0, 0.1) is 0 Å². The number of nitrogens with one attached hydrogen (secondary N) is 1. The topological polar surface area (TPSA) is 108 Å². The Hall–Kier alpha value is -4.34. The van der Waals surface area contributed by atoms with Crippen molar-refractivity contribution in [2.45, 2.75) is 89.7 Å². The van der Waals surface area contributed by atoms with Crippen molar-refractivity contribution < 1.29 is 29.3 Å². The summed E-state index contributed by atoms with van der Waals surface area (Å²) < 4.78 is 13.3. The highest BCUT2D eigenvalue weighted by Crippen LogP contribution is 2.38. The Morgan fingerprint density at radius 1 is 0.673 bits per heavy atom. The minimum atomic E-state index is -0.775. The monoisotopic (exact) mass is 664 g/mol. The maximum atomic E-state index is 12.4. The summed E-state index contributed by atoms with van der Waals surface area (Å²) in [5.74, 6) is -0.780. The quantitative estimate of drug-likeness (QED) is 0.0948. The van der Waals surface area contributed by atoms with Gasteiger partial charge >= 0.3 is 5.97 Å². The molecule has 0 aromatic heterocycles. The molecule has 3 atom stereocenters. The molecule has 4 aromatic carbocycles. The van der Waals surface area contributed by atoms with Crippen molar-refractivity contribution in [1.82, 2.24) is 10.2 Å². The molecule has 0 unspecified atom stereocenters. The molecule has 0 spiro atoms. The number of rotatable bonds is 18. The van der Waals surface area contributed by atoms with Crippen molar-refractivity contribution in [3.63, 3.8) is 0 Å². The standard InChI is InChI=1S/C41H48N2O6/c44-30-34-19-21-35(22-20-34)38-25-37(29-43(27-32-11-5-3-6-12-32)28-33-13-7-4-8-14-33)48-41(49-38)36-23-17-31(18-24-36)26-42-39(45)15-9-1-2-10-16-40(46)47/h3-8,11-14,17-24,37-38,41,44H,1-2,9-10,15-16,25-30H2,(H,42,45)(H,46,47)/t37-,38+,41+/m1/s1. The van der Waals surface area contributed by atoms with Crippen LogP contribution in [0.4, 0.5) is 0 Å². The zero-order valence-corrected chi connectivity index (χ0v) is 28.1. The second-order valence-corrected chi connectivity index (χ2v) is 12.8. The molecule has 1 heterocycles. The van der Waals surface area contributed by atoms with Crippen LogP contribution in [0.5, 0.6) is 0 Å². The van der Waals surface area contributed by atoms with E-state index < -0.39 is 12.3 Å². The van der Waals surface area contributed by atoms with Gasteiger partial charge in [0.15, 0.2) is 6.29 Å². The highest BCUT2D eigenvalue weighted by Gasteiger charge is 2.33. The molecule has 0 bridgehead atoms. The van der Waals surface area contributed by atoms with Gasteiger partial charge in [-0.05, 0) is 40.7 Å². The first-order valence-electron chi connectivity index (χ1n) is 17.3. The molecule has 8 heteroatoms. The molecule has 0 radical (unpaired) electrons. The van der Waals surface area contributed by atoms with Crippen molar-refractivity contribution in [2.75, 3.05) is 6.54 Å². The molecule has 49 heavy (non-hydrogen) atoms. The Bertz CT molecular complexity index is 1520. The van der Waals surface area contributed by atoms with Gasteiger partial charge in [0, 0.05) is 51.0 Å². The molecule has 0 saturated carbocycles. The average Bonchev–Trinajstić information content (AvgIpc) is 3.13. The smallest absolute Gasteiger partial charge is 0.303 e. The molecule has 5 rings (SSSR count). The summed E-state index contributed by atoms with van der Waals surface area (Å²) in [6.45, 7) is 2.74. The van der Waals surface area contributed by atoms with E-state index >= 15 is 0 Å². The zero-order valence-electron chi connectivity index (χ0n) is 28.1. The summed E-state index contributed by atoms with van der Waals surface area (Å²) in [6.07, 6.45) is 3.52. The lowest BCUT2D eigenvalue weighted by molar-refractivity contribution is -0.253. The van der Waals surface area contributed by atoms with Gasteiger partial charge in [-0.1, -0.05) is 122 Å². The minimum absolute atomic E-state index is 0.00447. The third kappa shape index (κ3) is 11.9. The molecule has 3 N–H and O–H groups in total. The Morgan fingerprint density at radius 3 is 1.84 bits per heavy atom. The van der Waals surface area contributed by atoms with Gasteiger partial charge < -0.3 is 25.0 Å². The summed E-state index contributed by atoms with van der Waals surface area (Å²) >= 11 is 0. The van der Waals surface area contributed by atoms with E-state index in [1.807, 2.05) is 60.7 Å². The molecular weight excluding hydrogens is 616 g/mol. The predicted octanol–water partition coefficient (Wildman–Crippen LogP) is 7.47. The molecule has 1 aliphatic heterocycles. The number of hydrogen-bond donors (Lipinski definition) is 3. The van der Waals surface area contributed by atoms with Crippen LogP contribution < -0.4 is 5.32 Å². The van der Waals surface area contributed by atoms with Crippen LogP contribution >= 0.6 is 0 Å². The molecule has 1 aliphatic rings. The largest absolute Gasteiger partial charge is 0.481 e. The van der Waals surface area contributed by atoms with Gasteiger partial charge in [-0.15, -0.1) is 0 Å². The number of amides is 1. The van der Waals surface area contributed by atoms with E-state index in [2.05, 4.69) is 58.7 Å². The first-order valence-corrected chi connectivity index (χ1v) is 17.3. The highest BCUT2D eigenvalue weighted by atomic mass is 16.7. The van der Waals surface area contributed by atoms with Crippen LogP contribution in [0.3, 0.4) is 0 Å². The molecule has 1 saturated heterocycles. The van der Waals surface area contributed by atoms with Crippen LogP contribution in [-0.2, 0) is 45.3 Å². The van der Waals surface area contributed by atoms with Gasteiger partial charge in [-0.25, -0.2) is 0 Å². The fourth-order valence-electron chi connectivity index (χ4n) is 6.19. The van der Waals surface area contributed by atoms with Gasteiger partial charge in [0.05, 0.1) is 18.8 Å². The molecule has 8 nitrogen and oxygen atoms in total. The number of aliphatic hydroxyl groups is 1. The van der Waals surface area contributed by atoms with Crippen LogP contribution in [-0.4, -0.2) is 39.6 Å². The van der Waals surface area contributed by atoms with Crippen LogP contribution in [0.15, 0.2) is 109 Å². The predicted molar refractivity (Wildman–Crippen MR) is 189 cm³/mol. The molecule has 1 amide bonds. The second-order valence-electron chi connectivity index (χ2n) is 12.8. The van der Waals surface area contributed by atoms with Crippen molar-refractivity contribution >= 4 is 11.9 Å². The van der Waals surface area contributed by atoms with Gasteiger partial charge in [-0.2, -0.15) is 0 Å². The third-order valence-corrected chi connectivity index (χ3v) is 8.86. The first-order chi connectivity index (χ1) is 23.9. The minimum Gasteiger partial charge on any atom is -0.481 e.